The molecule has 0 N–H and O–H groups in total. The van der Waals surface area contributed by atoms with Gasteiger partial charge in [0.25, 0.3) is 0 Å². The Balaban J connectivity index is 2.54. The van der Waals surface area contributed by atoms with Crippen LogP contribution in [-0.2, 0) is 0 Å². The minimum atomic E-state index is 0.555. The van der Waals surface area contributed by atoms with Crippen LogP contribution in [0.3, 0.4) is 0 Å². The maximum Gasteiger partial charge on any atom is 0.122 e. The van der Waals surface area contributed by atoms with Crippen molar-refractivity contribution >= 4 is 0 Å². The highest BCUT2D eigenvalue weighted by Crippen LogP contribution is 2.24. The fraction of sp³-hybridized carbons (Fsp3) is 0.600. The molecule has 0 aliphatic rings. The Kier molecular flexibility index (Phi) is 5.49. The van der Waals surface area contributed by atoms with Crippen LogP contribution < -0.4 is 4.74 Å². The molecule has 0 fully saturated rings. The van der Waals surface area contributed by atoms with Crippen molar-refractivity contribution in [3.05, 3.63) is 29.3 Å². The predicted molar refractivity (Wildman–Crippen MR) is 73.9 cm³/mol. The summed E-state index contributed by atoms with van der Waals surface area (Å²) in [6.45, 7) is 8.38. The molecule has 17 heavy (non-hydrogen) atoms. The Morgan fingerprint density at radius 3 is 2.53 bits per heavy atom. The van der Waals surface area contributed by atoms with Crippen molar-refractivity contribution in [1.82, 2.24) is 4.90 Å². The van der Waals surface area contributed by atoms with Crippen LogP contribution in [-0.4, -0.2) is 32.1 Å². The molecule has 0 bridgehead atoms. The topological polar surface area (TPSA) is 12.5 Å². The number of benzene rings is 1. The van der Waals surface area contributed by atoms with Gasteiger partial charge in [-0.15, -0.1) is 0 Å². The Hall–Kier alpha value is -1.02. The molecule has 0 atom stereocenters. The highest BCUT2D eigenvalue weighted by atomic mass is 16.5. The van der Waals surface area contributed by atoms with E-state index in [9.17, 15) is 0 Å². The van der Waals surface area contributed by atoms with Gasteiger partial charge in [0.2, 0.25) is 0 Å². The summed E-state index contributed by atoms with van der Waals surface area (Å²) in [5.41, 5.74) is 2.57. The maximum absolute atomic E-state index is 5.85. The van der Waals surface area contributed by atoms with Crippen LogP contribution in [0.5, 0.6) is 5.75 Å². The van der Waals surface area contributed by atoms with Crippen LogP contribution in [0.25, 0.3) is 0 Å². The van der Waals surface area contributed by atoms with Gasteiger partial charge in [-0.2, -0.15) is 0 Å². The number of aryl methyl sites for hydroxylation is 1. The van der Waals surface area contributed by atoms with E-state index >= 15 is 0 Å². The molecular weight excluding hydrogens is 210 g/mol. The molecule has 2 heteroatoms. The highest BCUT2D eigenvalue weighted by Gasteiger charge is 2.04. The molecule has 2 nitrogen and oxygen atoms in total. The van der Waals surface area contributed by atoms with Gasteiger partial charge in [-0.25, -0.2) is 0 Å². The molecule has 0 amide bonds. The van der Waals surface area contributed by atoms with E-state index in [-0.39, 0.29) is 0 Å². The van der Waals surface area contributed by atoms with Crippen LogP contribution in [0.1, 0.15) is 37.3 Å². The number of ether oxygens (including phenoxy) is 1. The van der Waals surface area contributed by atoms with E-state index in [1.807, 2.05) is 0 Å². The molecular formula is C15H25NO. The number of nitrogens with zero attached hydrogens (tertiary/aromatic N) is 1. The van der Waals surface area contributed by atoms with E-state index in [4.69, 9.17) is 4.74 Å². The smallest absolute Gasteiger partial charge is 0.122 e. The largest absolute Gasteiger partial charge is 0.493 e. The van der Waals surface area contributed by atoms with E-state index in [0.29, 0.717) is 5.92 Å². The lowest BCUT2D eigenvalue weighted by atomic mass is 10.0. The van der Waals surface area contributed by atoms with Gasteiger partial charge in [0.05, 0.1) is 6.61 Å². The first-order valence-electron chi connectivity index (χ1n) is 6.38. The Bertz CT molecular complexity index is 345. The molecule has 0 aliphatic heterocycles. The SMILES string of the molecule is Cc1ccc(C(C)C)cc1OCCCN(C)C. The first-order valence-corrected chi connectivity index (χ1v) is 6.38. The minimum absolute atomic E-state index is 0.555. The van der Waals surface area contributed by atoms with Crippen LogP contribution in [0, 0.1) is 6.92 Å². The van der Waals surface area contributed by atoms with Crippen molar-refractivity contribution in [2.24, 2.45) is 0 Å². The van der Waals surface area contributed by atoms with Gasteiger partial charge in [0.15, 0.2) is 0 Å². The third-order valence-corrected chi connectivity index (χ3v) is 2.89. The van der Waals surface area contributed by atoms with Gasteiger partial charge in [-0.05, 0) is 50.6 Å². The molecule has 0 saturated carbocycles. The molecule has 1 aromatic rings. The second-order valence-electron chi connectivity index (χ2n) is 5.18. The van der Waals surface area contributed by atoms with E-state index in [1.54, 1.807) is 0 Å². The van der Waals surface area contributed by atoms with E-state index in [1.165, 1.54) is 11.1 Å². The summed E-state index contributed by atoms with van der Waals surface area (Å²) >= 11 is 0. The van der Waals surface area contributed by atoms with Gasteiger partial charge in [0, 0.05) is 6.54 Å². The van der Waals surface area contributed by atoms with Crippen molar-refractivity contribution in [3.8, 4) is 5.75 Å². The summed E-state index contributed by atoms with van der Waals surface area (Å²) in [5, 5.41) is 0. The van der Waals surface area contributed by atoms with Gasteiger partial charge >= 0.3 is 0 Å². The van der Waals surface area contributed by atoms with Crippen LogP contribution in [0.2, 0.25) is 0 Å². The van der Waals surface area contributed by atoms with Crippen LogP contribution in [0.15, 0.2) is 18.2 Å². The van der Waals surface area contributed by atoms with E-state index < -0.39 is 0 Å². The lowest BCUT2D eigenvalue weighted by Crippen LogP contribution is -2.15. The third kappa shape index (κ3) is 4.78. The highest BCUT2D eigenvalue weighted by molar-refractivity contribution is 5.37. The average Bonchev–Trinajstić information content (AvgIpc) is 2.25. The molecule has 1 rings (SSSR count). The zero-order chi connectivity index (χ0) is 12.8. The number of hydrogen-bond donors (Lipinski definition) is 0. The minimum Gasteiger partial charge on any atom is -0.493 e. The standard InChI is InChI=1S/C15H25NO/c1-12(2)14-8-7-13(3)15(11-14)17-10-6-9-16(4)5/h7-8,11-12H,6,9-10H2,1-5H3. The van der Waals surface area contributed by atoms with Crippen molar-refractivity contribution in [1.29, 1.82) is 0 Å². The predicted octanol–water partition coefficient (Wildman–Crippen LogP) is 3.45. The zero-order valence-electron chi connectivity index (χ0n) is 11.8. The Morgan fingerprint density at radius 2 is 1.94 bits per heavy atom. The summed E-state index contributed by atoms with van der Waals surface area (Å²) in [5.74, 6) is 1.59. The van der Waals surface area contributed by atoms with Crippen molar-refractivity contribution in [3.63, 3.8) is 0 Å². The summed E-state index contributed by atoms with van der Waals surface area (Å²) in [4.78, 5) is 2.18. The Labute approximate surface area is 106 Å². The fourth-order valence-electron chi connectivity index (χ4n) is 1.69. The Morgan fingerprint density at radius 1 is 1.24 bits per heavy atom. The fourth-order valence-corrected chi connectivity index (χ4v) is 1.69. The molecule has 0 spiro atoms. The summed E-state index contributed by atoms with van der Waals surface area (Å²) in [6.07, 6.45) is 1.07. The molecule has 0 aliphatic carbocycles. The van der Waals surface area contributed by atoms with Crippen molar-refractivity contribution in [2.45, 2.75) is 33.1 Å². The monoisotopic (exact) mass is 235 g/mol. The second kappa shape index (κ2) is 6.65. The van der Waals surface area contributed by atoms with E-state index in [0.717, 1.165) is 25.3 Å². The molecule has 96 valence electrons. The van der Waals surface area contributed by atoms with E-state index in [2.05, 4.69) is 58.0 Å². The number of rotatable bonds is 6. The molecule has 0 radical (unpaired) electrons. The molecule has 1 aromatic carbocycles. The third-order valence-electron chi connectivity index (χ3n) is 2.89. The normalized spacial score (nSPS) is 11.2. The van der Waals surface area contributed by atoms with Crippen LogP contribution >= 0.6 is 0 Å². The zero-order valence-corrected chi connectivity index (χ0v) is 11.8. The summed E-state index contributed by atoms with van der Waals surface area (Å²) in [6, 6.07) is 6.51. The molecule has 0 aromatic heterocycles. The summed E-state index contributed by atoms with van der Waals surface area (Å²) < 4.78 is 5.85. The molecule has 0 saturated heterocycles. The molecule has 0 heterocycles. The van der Waals surface area contributed by atoms with Crippen molar-refractivity contribution in [2.75, 3.05) is 27.2 Å². The first kappa shape index (κ1) is 14.0. The van der Waals surface area contributed by atoms with Crippen LogP contribution in [0.4, 0.5) is 0 Å². The molecule has 0 unspecified atom stereocenters. The first-order chi connectivity index (χ1) is 8.00. The lowest BCUT2D eigenvalue weighted by molar-refractivity contribution is 0.280. The quantitative estimate of drug-likeness (QED) is 0.700. The van der Waals surface area contributed by atoms with Gasteiger partial charge in [-0.3, -0.25) is 0 Å². The average molecular weight is 235 g/mol. The van der Waals surface area contributed by atoms with Gasteiger partial charge < -0.3 is 9.64 Å². The van der Waals surface area contributed by atoms with Crippen molar-refractivity contribution < 1.29 is 4.74 Å². The second-order valence-corrected chi connectivity index (χ2v) is 5.18. The number of hydrogen-bond acceptors (Lipinski definition) is 2. The van der Waals surface area contributed by atoms with Gasteiger partial charge in [0.1, 0.15) is 5.75 Å². The summed E-state index contributed by atoms with van der Waals surface area (Å²) in [7, 11) is 4.18. The lowest BCUT2D eigenvalue weighted by Gasteiger charge is -2.14. The maximum atomic E-state index is 5.85. The van der Waals surface area contributed by atoms with Gasteiger partial charge in [-0.1, -0.05) is 26.0 Å².